The van der Waals surface area contributed by atoms with Crippen LogP contribution in [0.3, 0.4) is 0 Å². The van der Waals surface area contributed by atoms with E-state index in [0.29, 0.717) is 27.9 Å². The summed E-state index contributed by atoms with van der Waals surface area (Å²) in [6, 6.07) is 28.2. The number of nitrogens with zero attached hydrogens (tertiary/aromatic N) is 2. The second-order valence-corrected chi connectivity index (χ2v) is 10.8. The molecule has 168 valence electrons. The number of rotatable bonds is 6. The number of ether oxygens (including phenoxy) is 3. The van der Waals surface area contributed by atoms with E-state index in [1.807, 2.05) is 84.9 Å². The Morgan fingerprint density at radius 1 is 0.676 bits per heavy atom. The van der Waals surface area contributed by atoms with Gasteiger partial charge in [-0.2, -0.15) is 10.5 Å². The second kappa shape index (κ2) is 9.75. The summed E-state index contributed by atoms with van der Waals surface area (Å²) >= 11 is 0. The molecule has 0 fully saturated rings. The molecule has 0 unspecified atom stereocenters. The monoisotopic (exact) mass is 466 g/mol. The van der Waals surface area contributed by atoms with Crippen molar-refractivity contribution < 1.29 is 14.2 Å². The average molecular weight is 466 g/mol. The minimum absolute atomic E-state index is 0.481. The normalized spacial score (nSPS) is 14.2. The van der Waals surface area contributed by atoms with Crippen molar-refractivity contribution in [2.24, 2.45) is 0 Å². The minimum Gasteiger partial charge on any atom is -0.493 e. The number of methoxy groups -OCH3 is 3. The van der Waals surface area contributed by atoms with E-state index in [-0.39, 0.29) is 0 Å². The van der Waals surface area contributed by atoms with Crippen LogP contribution in [0, 0.1) is 22.7 Å². The van der Waals surface area contributed by atoms with Gasteiger partial charge in [-0.15, -0.1) is 0 Å². The molecule has 0 saturated heterocycles. The molecule has 0 atom stereocenters. The van der Waals surface area contributed by atoms with Crippen LogP contribution in [0.4, 0.5) is 0 Å². The fourth-order valence-electron chi connectivity index (χ4n) is 4.30. The van der Waals surface area contributed by atoms with Crippen molar-refractivity contribution in [3.63, 3.8) is 0 Å². The first-order valence-electron chi connectivity index (χ1n) is 10.6. The zero-order valence-electron chi connectivity index (χ0n) is 19.1. The standard InChI is InChI=1S/C28H23N2O3P/c1-31-26-16-21(17-27(32-2)28(26)33-3)20-14-24(18-29)34(25(15-20)19-30,22-10-6-4-7-11-22)23-12-8-5-9-13-23/h4-17H,1-3H3. The largest absolute Gasteiger partial charge is 0.493 e. The molecule has 3 aromatic carbocycles. The summed E-state index contributed by atoms with van der Waals surface area (Å²) in [6.07, 6.45) is 3.77. The van der Waals surface area contributed by atoms with Crippen molar-refractivity contribution in [2.45, 2.75) is 0 Å². The van der Waals surface area contributed by atoms with Crippen LogP contribution in [-0.4, -0.2) is 26.6 Å². The molecule has 6 heteroatoms. The zero-order valence-corrected chi connectivity index (χ0v) is 20.0. The van der Waals surface area contributed by atoms with Gasteiger partial charge in [0.2, 0.25) is 5.75 Å². The average Bonchev–Trinajstić information content (AvgIpc) is 2.92. The number of nitriles is 2. The van der Waals surface area contributed by atoms with E-state index in [0.717, 1.165) is 21.7 Å². The first-order chi connectivity index (χ1) is 16.6. The third kappa shape index (κ3) is 3.67. The van der Waals surface area contributed by atoms with Gasteiger partial charge in [-0.1, -0.05) is 60.7 Å². The molecule has 0 aromatic heterocycles. The molecule has 0 saturated carbocycles. The van der Waals surface area contributed by atoms with E-state index in [4.69, 9.17) is 14.2 Å². The van der Waals surface area contributed by atoms with Gasteiger partial charge in [-0.3, -0.25) is 0 Å². The Bertz CT molecular complexity index is 1360. The third-order valence-corrected chi connectivity index (χ3v) is 9.87. The predicted molar refractivity (Wildman–Crippen MR) is 137 cm³/mol. The van der Waals surface area contributed by atoms with Crippen LogP contribution in [0.15, 0.2) is 90.3 Å². The maximum absolute atomic E-state index is 10.4. The van der Waals surface area contributed by atoms with Gasteiger partial charge in [0.05, 0.1) is 31.9 Å². The maximum atomic E-state index is 10.4. The quantitative estimate of drug-likeness (QED) is 0.484. The highest BCUT2D eigenvalue weighted by atomic mass is 31.2. The summed E-state index contributed by atoms with van der Waals surface area (Å²) in [5, 5.41) is 23.9. The molecule has 0 N–H and O–H groups in total. The molecule has 3 aromatic rings. The van der Waals surface area contributed by atoms with Crippen molar-refractivity contribution in [1.82, 2.24) is 0 Å². The molecule has 1 aliphatic heterocycles. The molecule has 0 radical (unpaired) electrons. The molecule has 1 heterocycles. The van der Waals surface area contributed by atoms with E-state index >= 15 is 0 Å². The summed E-state index contributed by atoms with van der Waals surface area (Å²) in [5.74, 6) is 1.48. The summed E-state index contributed by atoms with van der Waals surface area (Å²) in [5.41, 5.74) is 1.49. The maximum Gasteiger partial charge on any atom is 0.203 e. The van der Waals surface area contributed by atoms with Crippen LogP contribution in [-0.2, 0) is 0 Å². The molecule has 4 rings (SSSR count). The Balaban J connectivity index is 2.09. The Morgan fingerprint density at radius 3 is 1.62 bits per heavy atom. The summed E-state index contributed by atoms with van der Waals surface area (Å²) in [4.78, 5) is 0. The lowest BCUT2D eigenvalue weighted by Crippen LogP contribution is -2.24. The first-order valence-corrected chi connectivity index (χ1v) is 12.3. The van der Waals surface area contributed by atoms with Gasteiger partial charge in [0.25, 0.3) is 0 Å². The Kier molecular flexibility index (Phi) is 6.60. The fraction of sp³-hybridized carbons (Fsp3) is 0.107. The highest BCUT2D eigenvalue weighted by molar-refractivity contribution is 7.93. The van der Waals surface area contributed by atoms with Crippen molar-refractivity contribution in [3.05, 3.63) is 95.8 Å². The van der Waals surface area contributed by atoms with E-state index < -0.39 is 6.89 Å². The smallest absolute Gasteiger partial charge is 0.203 e. The van der Waals surface area contributed by atoms with Crippen molar-refractivity contribution in [1.29, 1.82) is 10.5 Å². The van der Waals surface area contributed by atoms with Crippen LogP contribution in [0.25, 0.3) is 5.57 Å². The SMILES string of the molecule is COc1cc(C2=CC(C#N)=P(c3ccccc3)(c3ccccc3)C(C#N)=C2)cc(OC)c1OC. The van der Waals surface area contributed by atoms with Crippen LogP contribution < -0.4 is 24.8 Å². The van der Waals surface area contributed by atoms with Crippen molar-refractivity contribution >= 4 is 28.4 Å². The molecule has 1 aliphatic rings. The third-order valence-electron chi connectivity index (χ3n) is 5.82. The van der Waals surface area contributed by atoms with Crippen molar-refractivity contribution in [2.75, 3.05) is 21.3 Å². The van der Waals surface area contributed by atoms with Gasteiger partial charge < -0.3 is 14.2 Å². The molecule has 0 amide bonds. The first kappa shape index (κ1) is 23.0. The van der Waals surface area contributed by atoms with Gasteiger partial charge in [0.1, 0.15) is 12.1 Å². The summed E-state index contributed by atoms with van der Waals surface area (Å²) < 4.78 is 16.5. The Morgan fingerprint density at radius 2 is 1.21 bits per heavy atom. The van der Waals surface area contributed by atoms with Crippen LogP contribution in [0.5, 0.6) is 17.2 Å². The zero-order chi connectivity index (χ0) is 24.1. The highest BCUT2D eigenvalue weighted by Crippen LogP contribution is 2.57. The van der Waals surface area contributed by atoms with Crippen molar-refractivity contribution in [3.8, 4) is 29.4 Å². The number of hydrogen-bond donors (Lipinski definition) is 0. The van der Waals surface area contributed by atoms with E-state index in [1.165, 1.54) is 0 Å². The van der Waals surface area contributed by atoms with Gasteiger partial charge in [0, 0.05) is 6.89 Å². The van der Waals surface area contributed by atoms with Gasteiger partial charge in [0.15, 0.2) is 11.5 Å². The summed E-state index contributed by atoms with van der Waals surface area (Å²) in [7, 11) is 4.66. The molecule has 0 bridgehead atoms. The molecular weight excluding hydrogens is 443 g/mol. The molecular formula is C28H23N2O3P. The predicted octanol–water partition coefficient (Wildman–Crippen LogP) is 4.88. The van der Waals surface area contributed by atoms with E-state index in [2.05, 4.69) is 12.1 Å². The molecule has 0 spiro atoms. The fourth-order valence-corrected chi connectivity index (χ4v) is 8.17. The Hall–Kier alpha value is -4.18. The topological polar surface area (TPSA) is 75.3 Å². The number of hydrogen-bond acceptors (Lipinski definition) is 5. The van der Waals surface area contributed by atoms with Gasteiger partial charge >= 0.3 is 0 Å². The van der Waals surface area contributed by atoms with Gasteiger partial charge in [-0.05, 0) is 46.0 Å². The van der Waals surface area contributed by atoms with Crippen LogP contribution in [0.1, 0.15) is 5.56 Å². The summed E-state index contributed by atoms with van der Waals surface area (Å²) in [6.45, 7) is -2.63. The lowest BCUT2D eigenvalue weighted by atomic mass is 10.0. The molecule has 0 aliphatic carbocycles. The van der Waals surface area contributed by atoms with Crippen LogP contribution >= 0.6 is 6.89 Å². The van der Waals surface area contributed by atoms with E-state index in [1.54, 1.807) is 21.3 Å². The minimum atomic E-state index is -2.63. The number of allylic oxidation sites excluding steroid dienone is 4. The molecule has 34 heavy (non-hydrogen) atoms. The Labute approximate surface area is 199 Å². The van der Waals surface area contributed by atoms with E-state index in [9.17, 15) is 10.5 Å². The number of benzene rings is 3. The lowest BCUT2D eigenvalue weighted by Gasteiger charge is -2.31. The van der Waals surface area contributed by atoms with Gasteiger partial charge in [-0.25, -0.2) is 0 Å². The highest BCUT2D eigenvalue weighted by Gasteiger charge is 2.34. The second-order valence-electron chi connectivity index (χ2n) is 7.49. The van der Waals surface area contributed by atoms with Crippen LogP contribution in [0.2, 0.25) is 0 Å². The lowest BCUT2D eigenvalue weighted by molar-refractivity contribution is 0.324. The molecule has 5 nitrogen and oxygen atoms in total.